The Labute approximate surface area is 139 Å². The summed E-state index contributed by atoms with van der Waals surface area (Å²) in [5, 5.41) is 1.80. The second-order valence-electron chi connectivity index (χ2n) is 5.76. The van der Waals surface area contributed by atoms with Crippen molar-refractivity contribution in [2.75, 3.05) is 13.1 Å². The summed E-state index contributed by atoms with van der Waals surface area (Å²) in [4.78, 5) is 4.59. The van der Waals surface area contributed by atoms with E-state index in [2.05, 4.69) is 9.55 Å². The van der Waals surface area contributed by atoms with Crippen molar-refractivity contribution in [1.82, 2.24) is 13.9 Å². The number of imidazole rings is 1. The number of sulfonamides is 1. The van der Waals surface area contributed by atoms with Gasteiger partial charge in [0.05, 0.1) is 17.1 Å². The highest BCUT2D eigenvalue weighted by Gasteiger charge is 2.34. The average Bonchev–Trinajstić information content (AvgIpc) is 3.26. The lowest BCUT2D eigenvalue weighted by atomic mass is 10.2. The van der Waals surface area contributed by atoms with Gasteiger partial charge in [0.15, 0.2) is 0 Å². The summed E-state index contributed by atoms with van der Waals surface area (Å²) in [5.74, 6) is 0.937. The minimum atomic E-state index is -3.37. The first-order chi connectivity index (χ1) is 11.1. The number of rotatable bonds is 3. The standard InChI is InChI=1S/C16H17N3O2S2/c1-12-17-14-5-2-3-6-15(14)19(12)13-8-9-18(11-13)23(20,21)16-7-4-10-22-16/h2-7,10,13H,8-9,11H2,1H3/t13-/m1/s1. The van der Waals surface area contributed by atoms with Crippen LogP contribution in [0.3, 0.4) is 0 Å². The summed E-state index contributed by atoms with van der Waals surface area (Å²) >= 11 is 1.27. The SMILES string of the molecule is Cc1nc2ccccc2n1[C@@H]1CCN(S(=O)(=O)c2cccs2)C1. The molecule has 1 fully saturated rings. The smallest absolute Gasteiger partial charge is 0.252 e. The van der Waals surface area contributed by atoms with Gasteiger partial charge in [-0.05, 0) is 36.9 Å². The molecule has 5 nitrogen and oxygen atoms in total. The van der Waals surface area contributed by atoms with E-state index in [0.29, 0.717) is 17.3 Å². The largest absolute Gasteiger partial charge is 0.324 e. The summed E-state index contributed by atoms with van der Waals surface area (Å²) < 4.78 is 29.5. The molecule has 0 unspecified atom stereocenters. The van der Waals surface area contributed by atoms with Gasteiger partial charge in [-0.2, -0.15) is 4.31 Å². The zero-order valence-corrected chi connectivity index (χ0v) is 14.3. The molecule has 1 aliphatic heterocycles. The summed E-state index contributed by atoms with van der Waals surface area (Å²) in [5.41, 5.74) is 2.04. The van der Waals surface area contributed by atoms with Gasteiger partial charge in [0.2, 0.25) is 0 Å². The van der Waals surface area contributed by atoms with Crippen molar-refractivity contribution < 1.29 is 8.42 Å². The highest BCUT2D eigenvalue weighted by Crippen LogP contribution is 2.32. The van der Waals surface area contributed by atoms with E-state index in [1.165, 1.54) is 11.3 Å². The molecular weight excluding hydrogens is 330 g/mol. The van der Waals surface area contributed by atoms with Crippen LogP contribution in [0.15, 0.2) is 46.0 Å². The molecule has 0 radical (unpaired) electrons. The molecule has 1 atom stereocenters. The van der Waals surface area contributed by atoms with Crippen LogP contribution in [0, 0.1) is 6.92 Å². The fourth-order valence-corrected chi connectivity index (χ4v) is 5.94. The molecule has 0 bridgehead atoms. The van der Waals surface area contributed by atoms with E-state index in [0.717, 1.165) is 23.3 Å². The lowest BCUT2D eigenvalue weighted by Crippen LogP contribution is -2.28. The quantitative estimate of drug-likeness (QED) is 0.732. The number of fused-ring (bicyclic) bond motifs is 1. The van der Waals surface area contributed by atoms with Crippen LogP contribution >= 0.6 is 11.3 Å². The summed E-state index contributed by atoms with van der Waals surface area (Å²) in [6.07, 6.45) is 0.811. The van der Waals surface area contributed by atoms with E-state index in [-0.39, 0.29) is 6.04 Å². The second kappa shape index (κ2) is 5.43. The molecule has 3 heterocycles. The lowest BCUT2D eigenvalue weighted by molar-refractivity contribution is 0.453. The predicted octanol–water partition coefficient (Wildman–Crippen LogP) is 3.04. The number of aromatic nitrogens is 2. The van der Waals surface area contributed by atoms with Crippen LogP contribution in [0.2, 0.25) is 0 Å². The van der Waals surface area contributed by atoms with E-state index < -0.39 is 10.0 Å². The van der Waals surface area contributed by atoms with E-state index in [9.17, 15) is 8.42 Å². The van der Waals surface area contributed by atoms with E-state index in [4.69, 9.17) is 0 Å². The molecule has 7 heteroatoms. The average molecular weight is 347 g/mol. The van der Waals surface area contributed by atoms with Crippen LogP contribution in [0.25, 0.3) is 11.0 Å². The zero-order chi connectivity index (χ0) is 16.0. The molecule has 1 aromatic carbocycles. The minimum Gasteiger partial charge on any atom is -0.324 e. The molecule has 23 heavy (non-hydrogen) atoms. The Morgan fingerprint density at radius 3 is 2.83 bits per heavy atom. The van der Waals surface area contributed by atoms with Crippen LogP contribution < -0.4 is 0 Å². The Kier molecular flexibility index (Phi) is 3.51. The van der Waals surface area contributed by atoms with Gasteiger partial charge < -0.3 is 4.57 Å². The molecule has 0 spiro atoms. The van der Waals surface area contributed by atoms with Crippen LogP contribution in [-0.2, 0) is 10.0 Å². The highest BCUT2D eigenvalue weighted by molar-refractivity contribution is 7.91. The molecule has 0 N–H and O–H groups in total. The predicted molar refractivity (Wildman–Crippen MR) is 91.2 cm³/mol. The third kappa shape index (κ3) is 2.39. The fourth-order valence-electron chi connectivity index (χ4n) is 3.30. The van der Waals surface area contributed by atoms with E-state index in [1.54, 1.807) is 21.8 Å². The number of aryl methyl sites for hydroxylation is 1. The number of benzene rings is 1. The van der Waals surface area contributed by atoms with Crippen molar-refractivity contribution in [2.24, 2.45) is 0 Å². The van der Waals surface area contributed by atoms with E-state index >= 15 is 0 Å². The van der Waals surface area contributed by atoms with Crippen LogP contribution in [0.5, 0.6) is 0 Å². The van der Waals surface area contributed by atoms with Crippen molar-refractivity contribution in [3.63, 3.8) is 0 Å². The molecule has 1 saturated heterocycles. The molecule has 4 rings (SSSR count). The Balaban J connectivity index is 1.67. The molecule has 0 amide bonds. The molecule has 120 valence electrons. The van der Waals surface area contributed by atoms with Crippen molar-refractivity contribution in [3.05, 3.63) is 47.6 Å². The van der Waals surface area contributed by atoms with Crippen molar-refractivity contribution >= 4 is 32.4 Å². The van der Waals surface area contributed by atoms with Gasteiger partial charge in [0.25, 0.3) is 10.0 Å². The van der Waals surface area contributed by atoms with Gasteiger partial charge in [-0.25, -0.2) is 13.4 Å². The third-order valence-corrected chi connectivity index (χ3v) is 7.59. The van der Waals surface area contributed by atoms with Crippen LogP contribution in [-0.4, -0.2) is 35.4 Å². The molecule has 3 aromatic rings. The van der Waals surface area contributed by atoms with Crippen molar-refractivity contribution in [3.8, 4) is 0 Å². The van der Waals surface area contributed by atoms with Crippen LogP contribution in [0.4, 0.5) is 0 Å². The maximum Gasteiger partial charge on any atom is 0.252 e. The maximum absolute atomic E-state index is 12.7. The fraction of sp³-hybridized carbons (Fsp3) is 0.312. The van der Waals surface area contributed by atoms with Gasteiger partial charge in [0, 0.05) is 13.1 Å². The molecular formula is C16H17N3O2S2. The van der Waals surface area contributed by atoms with Crippen molar-refractivity contribution in [2.45, 2.75) is 23.6 Å². The van der Waals surface area contributed by atoms with Gasteiger partial charge in [-0.3, -0.25) is 0 Å². The van der Waals surface area contributed by atoms with Gasteiger partial charge in [-0.1, -0.05) is 18.2 Å². The molecule has 0 aliphatic carbocycles. The number of hydrogen-bond acceptors (Lipinski definition) is 4. The van der Waals surface area contributed by atoms with Gasteiger partial charge in [-0.15, -0.1) is 11.3 Å². The topological polar surface area (TPSA) is 55.2 Å². The first-order valence-corrected chi connectivity index (χ1v) is 9.86. The first kappa shape index (κ1) is 14.9. The third-order valence-electron chi connectivity index (χ3n) is 4.35. The molecule has 2 aromatic heterocycles. The first-order valence-electron chi connectivity index (χ1n) is 7.54. The summed E-state index contributed by atoms with van der Waals surface area (Å²) in [6, 6.07) is 11.6. The maximum atomic E-state index is 12.7. The minimum absolute atomic E-state index is 0.136. The lowest BCUT2D eigenvalue weighted by Gasteiger charge is -2.17. The van der Waals surface area contributed by atoms with Crippen molar-refractivity contribution in [1.29, 1.82) is 0 Å². The normalized spacial score (nSPS) is 19.6. The number of thiophene rings is 1. The molecule has 0 saturated carbocycles. The van der Waals surface area contributed by atoms with Crippen LogP contribution in [0.1, 0.15) is 18.3 Å². The summed E-state index contributed by atoms with van der Waals surface area (Å²) in [7, 11) is -3.37. The van der Waals surface area contributed by atoms with E-state index in [1.807, 2.05) is 31.2 Å². The Bertz CT molecular complexity index is 945. The monoisotopic (exact) mass is 347 g/mol. The Hall–Kier alpha value is -1.70. The number of nitrogens with zero attached hydrogens (tertiary/aromatic N) is 3. The Morgan fingerprint density at radius 1 is 1.22 bits per heavy atom. The zero-order valence-electron chi connectivity index (χ0n) is 12.7. The number of para-hydroxylation sites is 2. The van der Waals surface area contributed by atoms with Gasteiger partial charge >= 0.3 is 0 Å². The van der Waals surface area contributed by atoms with Gasteiger partial charge in [0.1, 0.15) is 10.0 Å². The Morgan fingerprint density at radius 2 is 2.04 bits per heavy atom. The highest BCUT2D eigenvalue weighted by atomic mass is 32.2. The molecule has 1 aliphatic rings. The number of hydrogen-bond donors (Lipinski definition) is 0. The second-order valence-corrected chi connectivity index (χ2v) is 8.87. The summed E-state index contributed by atoms with van der Waals surface area (Å²) in [6.45, 7) is 3.04.